The summed E-state index contributed by atoms with van der Waals surface area (Å²) in [7, 11) is 0. The summed E-state index contributed by atoms with van der Waals surface area (Å²) >= 11 is 0. The number of hydrogen-bond donors (Lipinski definition) is 1. The van der Waals surface area contributed by atoms with E-state index < -0.39 is 16.6 Å². The first-order valence-electron chi connectivity index (χ1n) is 6.24. The molecule has 0 aliphatic heterocycles. The summed E-state index contributed by atoms with van der Waals surface area (Å²) in [6, 6.07) is 2.98. The van der Waals surface area contributed by atoms with E-state index in [9.17, 15) is 19.3 Å². The van der Waals surface area contributed by atoms with E-state index in [1.165, 1.54) is 0 Å². The van der Waals surface area contributed by atoms with Crippen LogP contribution in [-0.2, 0) is 0 Å². The van der Waals surface area contributed by atoms with Crippen LogP contribution in [0.1, 0.15) is 43.0 Å². The second kappa shape index (κ2) is 4.95. The molecule has 1 aromatic rings. The number of carbonyl (C=O) groups is 1. The number of nitro groups is 1. The Kier molecular flexibility index (Phi) is 3.50. The van der Waals surface area contributed by atoms with Crippen molar-refractivity contribution in [3.8, 4) is 0 Å². The smallest absolute Gasteiger partial charge is 0.270 e. The molecule has 19 heavy (non-hydrogen) atoms. The molecule has 1 aliphatic rings. The number of benzene rings is 1. The molecule has 5 nitrogen and oxygen atoms in total. The fraction of sp³-hybridized carbons (Fsp3) is 0.462. The molecule has 1 saturated carbocycles. The number of nitrogens with zero attached hydrogens (tertiary/aromatic N) is 1. The van der Waals surface area contributed by atoms with Gasteiger partial charge >= 0.3 is 0 Å². The number of nitro benzene ring substituents is 1. The second-order valence-corrected chi connectivity index (χ2v) is 4.86. The van der Waals surface area contributed by atoms with Gasteiger partial charge in [0.25, 0.3) is 11.6 Å². The molecular weight excluding hydrogens is 251 g/mol. The predicted octanol–water partition coefficient (Wildman–Crippen LogP) is 2.80. The molecule has 1 aromatic carbocycles. The maximum atomic E-state index is 13.6. The number of halogens is 1. The molecule has 6 heteroatoms. The minimum Gasteiger partial charge on any atom is -0.347 e. The Morgan fingerprint density at radius 1 is 1.53 bits per heavy atom. The number of hydrogen-bond acceptors (Lipinski definition) is 3. The van der Waals surface area contributed by atoms with Crippen molar-refractivity contribution < 1.29 is 14.1 Å². The highest BCUT2D eigenvalue weighted by Gasteiger charge is 2.37. The van der Waals surface area contributed by atoms with Gasteiger partial charge in [0.2, 0.25) is 0 Å². The first-order chi connectivity index (χ1) is 8.97. The lowest BCUT2D eigenvalue weighted by molar-refractivity contribution is -0.384. The molecule has 102 valence electrons. The average Bonchev–Trinajstić information content (AvgIpc) is 2.33. The Labute approximate surface area is 110 Å². The van der Waals surface area contributed by atoms with E-state index in [0.717, 1.165) is 43.9 Å². The van der Waals surface area contributed by atoms with Crippen LogP contribution in [-0.4, -0.2) is 16.4 Å². The molecule has 0 aromatic heterocycles. The summed E-state index contributed by atoms with van der Waals surface area (Å²) in [5.74, 6) is -1.32. The molecule has 0 unspecified atom stereocenters. The maximum Gasteiger partial charge on any atom is 0.270 e. The lowest BCUT2D eigenvalue weighted by Gasteiger charge is -2.42. The topological polar surface area (TPSA) is 72.2 Å². The van der Waals surface area contributed by atoms with Gasteiger partial charge in [0.05, 0.1) is 10.5 Å². The van der Waals surface area contributed by atoms with Crippen LogP contribution < -0.4 is 5.32 Å². The first-order valence-corrected chi connectivity index (χ1v) is 6.24. The Hall–Kier alpha value is -1.98. The Morgan fingerprint density at radius 2 is 2.21 bits per heavy atom. The summed E-state index contributed by atoms with van der Waals surface area (Å²) < 4.78 is 13.6. The van der Waals surface area contributed by atoms with Crippen LogP contribution in [0.5, 0.6) is 0 Å². The van der Waals surface area contributed by atoms with E-state index in [1.54, 1.807) is 0 Å². The first kappa shape index (κ1) is 13.5. The molecule has 0 spiro atoms. The highest BCUT2D eigenvalue weighted by molar-refractivity contribution is 5.95. The molecule has 0 bridgehead atoms. The molecular formula is C13H15FN2O3. The number of nitrogens with one attached hydrogen (secondary N) is 1. The van der Waals surface area contributed by atoms with Gasteiger partial charge in [-0.2, -0.15) is 0 Å². The Bertz CT molecular complexity index is 521. The predicted molar refractivity (Wildman–Crippen MR) is 67.4 cm³/mol. The van der Waals surface area contributed by atoms with Gasteiger partial charge in [-0.15, -0.1) is 0 Å². The van der Waals surface area contributed by atoms with Crippen molar-refractivity contribution in [2.24, 2.45) is 0 Å². The summed E-state index contributed by atoms with van der Waals surface area (Å²) in [6.07, 6.45) is 3.54. The second-order valence-electron chi connectivity index (χ2n) is 4.86. The zero-order chi connectivity index (χ0) is 14.0. The molecule has 0 heterocycles. The van der Waals surface area contributed by atoms with Gasteiger partial charge in [-0.1, -0.05) is 6.92 Å². The number of non-ortho nitro benzene ring substituents is 1. The Morgan fingerprint density at radius 3 is 2.68 bits per heavy atom. The highest BCUT2D eigenvalue weighted by Crippen LogP contribution is 2.35. The van der Waals surface area contributed by atoms with Gasteiger partial charge in [-0.25, -0.2) is 4.39 Å². The van der Waals surface area contributed by atoms with Crippen LogP contribution in [0, 0.1) is 15.9 Å². The van der Waals surface area contributed by atoms with E-state index >= 15 is 0 Å². The van der Waals surface area contributed by atoms with E-state index in [2.05, 4.69) is 5.32 Å². The van der Waals surface area contributed by atoms with Gasteiger partial charge < -0.3 is 5.32 Å². The molecule has 1 aliphatic carbocycles. The molecule has 1 fully saturated rings. The van der Waals surface area contributed by atoms with Crippen molar-refractivity contribution in [3.63, 3.8) is 0 Å². The summed E-state index contributed by atoms with van der Waals surface area (Å²) in [5, 5.41) is 13.4. The van der Waals surface area contributed by atoms with E-state index in [1.807, 2.05) is 6.92 Å². The van der Waals surface area contributed by atoms with Crippen LogP contribution >= 0.6 is 0 Å². The monoisotopic (exact) mass is 266 g/mol. The molecule has 0 saturated heterocycles. The lowest BCUT2D eigenvalue weighted by Crippen LogP contribution is -2.53. The molecule has 1 amide bonds. The minimum absolute atomic E-state index is 0.270. The third-order valence-corrected chi connectivity index (χ3v) is 3.77. The van der Waals surface area contributed by atoms with E-state index in [4.69, 9.17) is 0 Å². The SMILES string of the molecule is CCC1(NC(=O)c2cc([N+](=O)[O-])ccc2F)CCC1. The van der Waals surface area contributed by atoms with Gasteiger partial charge in [0, 0.05) is 17.7 Å². The zero-order valence-electron chi connectivity index (χ0n) is 10.6. The highest BCUT2D eigenvalue weighted by atomic mass is 19.1. The standard InChI is InChI=1S/C13H15FN2O3/c1-2-13(6-3-7-13)15-12(17)10-8-9(16(18)19)4-5-11(10)14/h4-5,8H,2-3,6-7H2,1H3,(H,15,17). The summed E-state index contributed by atoms with van der Waals surface area (Å²) in [5.41, 5.74) is -0.826. The van der Waals surface area contributed by atoms with E-state index in [0.29, 0.717) is 0 Å². The van der Waals surface area contributed by atoms with Crippen molar-refractivity contribution in [1.82, 2.24) is 5.32 Å². The van der Waals surface area contributed by atoms with Gasteiger partial charge in [0.1, 0.15) is 5.82 Å². The summed E-state index contributed by atoms with van der Waals surface area (Å²) in [4.78, 5) is 22.0. The maximum absolute atomic E-state index is 13.6. The van der Waals surface area contributed by atoms with Crippen LogP contribution in [0.15, 0.2) is 18.2 Å². The number of amides is 1. The molecule has 2 rings (SSSR count). The number of rotatable bonds is 4. The van der Waals surface area contributed by atoms with Gasteiger partial charge in [-0.3, -0.25) is 14.9 Å². The molecule has 0 radical (unpaired) electrons. The normalized spacial score (nSPS) is 16.5. The third kappa shape index (κ3) is 2.57. The quantitative estimate of drug-likeness (QED) is 0.672. The fourth-order valence-electron chi connectivity index (χ4n) is 2.28. The van der Waals surface area contributed by atoms with Gasteiger partial charge in [-0.05, 0) is 31.7 Å². The van der Waals surface area contributed by atoms with E-state index in [-0.39, 0.29) is 16.8 Å². The number of carbonyl (C=O) groups excluding carboxylic acids is 1. The largest absolute Gasteiger partial charge is 0.347 e. The van der Waals surface area contributed by atoms with Crippen LogP contribution in [0.2, 0.25) is 0 Å². The molecule has 1 N–H and O–H groups in total. The minimum atomic E-state index is -0.742. The average molecular weight is 266 g/mol. The van der Waals surface area contributed by atoms with Crippen LogP contribution in [0.25, 0.3) is 0 Å². The van der Waals surface area contributed by atoms with Crippen LogP contribution in [0.4, 0.5) is 10.1 Å². The van der Waals surface area contributed by atoms with Crippen molar-refractivity contribution in [3.05, 3.63) is 39.7 Å². The zero-order valence-corrected chi connectivity index (χ0v) is 10.6. The van der Waals surface area contributed by atoms with Crippen molar-refractivity contribution >= 4 is 11.6 Å². The fourth-order valence-corrected chi connectivity index (χ4v) is 2.28. The third-order valence-electron chi connectivity index (χ3n) is 3.77. The van der Waals surface area contributed by atoms with Crippen molar-refractivity contribution in [1.29, 1.82) is 0 Å². The Balaban J connectivity index is 2.23. The molecule has 0 atom stereocenters. The van der Waals surface area contributed by atoms with Crippen molar-refractivity contribution in [2.45, 2.75) is 38.1 Å². The summed E-state index contributed by atoms with van der Waals surface area (Å²) in [6.45, 7) is 1.96. The van der Waals surface area contributed by atoms with Crippen LogP contribution in [0.3, 0.4) is 0 Å². The lowest BCUT2D eigenvalue weighted by atomic mass is 9.74. The van der Waals surface area contributed by atoms with Crippen molar-refractivity contribution in [2.75, 3.05) is 0 Å². The van der Waals surface area contributed by atoms with Gasteiger partial charge in [0.15, 0.2) is 0 Å².